The Labute approximate surface area is 130 Å². The van der Waals surface area contributed by atoms with E-state index < -0.39 is 12.2 Å². The molecular weight excluding hydrogens is 284 g/mol. The Balaban J connectivity index is 2.22. The summed E-state index contributed by atoms with van der Waals surface area (Å²) in [5.41, 5.74) is 0.949. The van der Waals surface area contributed by atoms with Gasteiger partial charge in [-0.1, -0.05) is 55.0 Å². The number of aryl methyl sites for hydroxylation is 1. The van der Waals surface area contributed by atoms with E-state index in [-0.39, 0.29) is 6.61 Å². The summed E-state index contributed by atoms with van der Waals surface area (Å²) in [6.07, 6.45) is 3.43. The van der Waals surface area contributed by atoms with Crippen LogP contribution >= 0.6 is 0 Å². The van der Waals surface area contributed by atoms with Crippen molar-refractivity contribution in [3.05, 3.63) is 29.8 Å². The van der Waals surface area contributed by atoms with Gasteiger partial charge in [0.2, 0.25) is 0 Å². The number of nitrogens with zero attached hydrogens (tertiary/aromatic N) is 2. The molecule has 1 rings (SSSR count). The molecule has 0 fully saturated rings. The van der Waals surface area contributed by atoms with Gasteiger partial charge in [-0.25, -0.2) is 9.59 Å². The molecule has 22 heavy (non-hydrogen) atoms. The molecule has 1 aromatic carbocycles. The highest BCUT2D eigenvalue weighted by molar-refractivity contribution is 5.74. The van der Waals surface area contributed by atoms with E-state index in [4.69, 9.17) is 9.47 Å². The fourth-order valence-electron chi connectivity index (χ4n) is 1.78. The number of benzene rings is 1. The number of rotatable bonds is 7. The molecule has 0 unspecified atom stereocenters. The van der Waals surface area contributed by atoms with Crippen LogP contribution in [0.25, 0.3) is 0 Å². The number of ether oxygens (including phenoxy) is 2. The molecule has 6 heteroatoms. The standard InChI is InChI=1S/C16H22N2O4/c1-3-4-5-6-7-11-21-15(19)17-18-16(20)22-14-10-8-9-13(2)12-14/h8-10,12H,3-7,11H2,1-2H3/b18-17+. The van der Waals surface area contributed by atoms with Gasteiger partial charge in [-0.2, -0.15) is 0 Å². The zero-order valence-electron chi connectivity index (χ0n) is 13.1. The molecule has 0 aliphatic carbocycles. The number of amides is 2. The fraction of sp³-hybridized carbons (Fsp3) is 0.500. The first-order valence-corrected chi connectivity index (χ1v) is 7.48. The maximum atomic E-state index is 11.4. The van der Waals surface area contributed by atoms with E-state index in [1.807, 2.05) is 13.0 Å². The van der Waals surface area contributed by atoms with Crippen molar-refractivity contribution < 1.29 is 19.1 Å². The minimum atomic E-state index is -0.953. The second kappa shape index (κ2) is 10.5. The zero-order chi connectivity index (χ0) is 16.2. The molecule has 0 heterocycles. The van der Waals surface area contributed by atoms with Crippen LogP contribution in [-0.4, -0.2) is 18.8 Å². The molecule has 0 aliphatic rings. The first-order chi connectivity index (χ1) is 10.6. The summed E-state index contributed by atoms with van der Waals surface area (Å²) in [5.74, 6) is 0.355. The van der Waals surface area contributed by atoms with Gasteiger partial charge >= 0.3 is 12.2 Å². The van der Waals surface area contributed by atoms with Crippen molar-refractivity contribution in [3.63, 3.8) is 0 Å². The number of unbranched alkanes of at least 4 members (excludes halogenated alkanes) is 4. The lowest BCUT2D eigenvalue weighted by molar-refractivity contribution is 0.151. The van der Waals surface area contributed by atoms with Crippen molar-refractivity contribution in [1.82, 2.24) is 0 Å². The summed E-state index contributed by atoms with van der Waals surface area (Å²) < 4.78 is 9.74. The number of hydrogen-bond donors (Lipinski definition) is 0. The third kappa shape index (κ3) is 8.14. The van der Waals surface area contributed by atoms with Crippen LogP contribution in [0.5, 0.6) is 5.75 Å². The highest BCUT2D eigenvalue weighted by Crippen LogP contribution is 2.13. The zero-order valence-corrected chi connectivity index (χ0v) is 13.1. The SMILES string of the molecule is CCCCCCCOC(=O)/N=N/C(=O)Oc1cccc(C)c1. The van der Waals surface area contributed by atoms with Crippen LogP contribution < -0.4 is 4.74 Å². The number of hydrogen-bond acceptors (Lipinski definition) is 4. The van der Waals surface area contributed by atoms with E-state index in [0.29, 0.717) is 5.75 Å². The predicted molar refractivity (Wildman–Crippen MR) is 82.2 cm³/mol. The van der Waals surface area contributed by atoms with Crippen LogP contribution in [0.15, 0.2) is 34.5 Å². The van der Waals surface area contributed by atoms with Gasteiger partial charge in [0.1, 0.15) is 5.75 Å². The van der Waals surface area contributed by atoms with Crippen LogP contribution in [0, 0.1) is 6.92 Å². The fourth-order valence-corrected chi connectivity index (χ4v) is 1.78. The van der Waals surface area contributed by atoms with Gasteiger partial charge < -0.3 is 9.47 Å². The van der Waals surface area contributed by atoms with E-state index in [0.717, 1.165) is 31.2 Å². The molecule has 0 saturated carbocycles. The van der Waals surface area contributed by atoms with Gasteiger partial charge in [0.25, 0.3) is 0 Å². The van der Waals surface area contributed by atoms with Crippen molar-refractivity contribution >= 4 is 12.2 Å². The van der Waals surface area contributed by atoms with Crippen molar-refractivity contribution in [1.29, 1.82) is 0 Å². The van der Waals surface area contributed by atoms with Crippen molar-refractivity contribution in [2.24, 2.45) is 10.2 Å². The third-order valence-electron chi connectivity index (χ3n) is 2.88. The molecule has 0 N–H and O–H groups in total. The second-order valence-electron chi connectivity index (χ2n) is 4.91. The maximum absolute atomic E-state index is 11.4. The summed E-state index contributed by atoms with van der Waals surface area (Å²) in [6, 6.07) is 6.93. The maximum Gasteiger partial charge on any atom is 0.458 e. The summed E-state index contributed by atoms with van der Waals surface area (Å²) in [7, 11) is 0. The lowest BCUT2D eigenvalue weighted by Crippen LogP contribution is -2.04. The van der Waals surface area contributed by atoms with Gasteiger partial charge in [-0.3, -0.25) is 0 Å². The van der Waals surface area contributed by atoms with E-state index in [9.17, 15) is 9.59 Å². The van der Waals surface area contributed by atoms with Crippen LogP contribution in [0.1, 0.15) is 44.6 Å². The Morgan fingerprint density at radius 2 is 1.77 bits per heavy atom. The monoisotopic (exact) mass is 306 g/mol. The van der Waals surface area contributed by atoms with Crippen molar-refractivity contribution in [2.45, 2.75) is 46.0 Å². The minimum Gasteiger partial charge on any atom is -0.447 e. The van der Waals surface area contributed by atoms with Crippen LogP contribution in [0.2, 0.25) is 0 Å². The molecule has 2 amide bonds. The molecular formula is C16H22N2O4. The van der Waals surface area contributed by atoms with Gasteiger partial charge in [0.15, 0.2) is 0 Å². The van der Waals surface area contributed by atoms with E-state index >= 15 is 0 Å². The molecule has 6 nitrogen and oxygen atoms in total. The van der Waals surface area contributed by atoms with Gasteiger partial charge in [0, 0.05) is 0 Å². The molecule has 0 saturated heterocycles. The molecule has 0 aromatic heterocycles. The number of carbonyl (C=O) groups excluding carboxylic acids is 2. The molecule has 0 bridgehead atoms. The van der Waals surface area contributed by atoms with Crippen LogP contribution in [-0.2, 0) is 4.74 Å². The highest BCUT2D eigenvalue weighted by atomic mass is 16.6. The molecule has 1 aromatic rings. The summed E-state index contributed by atoms with van der Waals surface area (Å²) in [6.45, 7) is 4.29. The lowest BCUT2D eigenvalue weighted by Gasteiger charge is -2.01. The number of carbonyl (C=O) groups is 2. The van der Waals surface area contributed by atoms with Gasteiger partial charge in [-0.15, -0.1) is 0 Å². The summed E-state index contributed by atoms with van der Waals surface area (Å²) >= 11 is 0. The molecule has 0 atom stereocenters. The average Bonchev–Trinajstić information content (AvgIpc) is 2.49. The first-order valence-electron chi connectivity index (χ1n) is 7.48. The molecule has 120 valence electrons. The smallest absolute Gasteiger partial charge is 0.447 e. The summed E-state index contributed by atoms with van der Waals surface area (Å²) in [4.78, 5) is 22.6. The Bertz CT molecular complexity index is 515. The highest BCUT2D eigenvalue weighted by Gasteiger charge is 2.05. The van der Waals surface area contributed by atoms with Crippen LogP contribution in [0.3, 0.4) is 0 Å². The van der Waals surface area contributed by atoms with Crippen molar-refractivity contribution in [3.8, 4) is 5.75 Å². The van der Waals surface area contributed by atoms with Crippen molar-refractivity contribution in [2.75, 3.05) is 6.61 Å². The van der Waals surface area contributed by atoms with Gasteiger partial charge in [-0.05, 0) is 31.0 Å². The van der Waals surface area contributed by atoms with Crippen LogP contribution in [0.4, 0.5) is 9.59 Å². The number of azo groups is 1. The molecule has 0 radical (unpaired) electrons. The van der Waals surface area contributed by atoms with E-state index in [1.54, 1.807) is 18.2 Å². The topological polar surface area (TPSA) is 77.3 Å². The lowest BCUT2D eigenvalue weighted by atomic mass is 10.2. The Kier molecular flexibility index (Phi) is 8.49. The quantitative estimate of drug-likeness (QED) is 0.521. The largest absolute Gasteiger partial charge is 0.458 e. The predicted octanol–water partition coefficient (Wildman–Crippen LogP) is 5.05. The molecule has 0 spiro atoms. The molecule has 0 aliphatic heterocycles. The van der Waals surface area contributed by atoms with Gasteiger partial charge in [0.05, 0.1) is 6.61 Å². The summed E-state index contributed by atoms with van der Waals surface area (Å²) in [5, 5.41) is 6.33. The van der Waals surface area contributed by atoms with E-state index in [2.05, 4.69) is 17.2 Å². The Morgan fingerprint density at radius 1 is 1.05 bits per heavy atom. The Morgan fingerprint density at radius 3 is 2.50 bits per heavy atom. The van der Waals surface area contributed by atoms with E-state index in [1.165, 1.54) is 6.42 Å². The Hall–Kier alpha value is -2.24. The average molecular weight is 306 g/mol. The second-order valence-corrected chi connectivity index (χ2v) is 4.91. The third-order valence-corrected chi connectivity index (χ3v) is 2.88. The minimum absolute atomic E-state index is 0.286. The normalized spacial score (nSPS) is 10.6. The first kappa shape index (κ1) is 17.8.